The second-order valence-corrected chi connectivity index (χ2v) is 7.14. The van der Waals surface area contributed by atoms with Gasteiger partial charge in [0.05, 0.1) is 12.8 Å². The maximum atomic E-state index is 13.2. The Balaban J connectivity index is 1.69. The van der Waals surface area contributed by atoms with Gasteiger partial charge in [-0.3, -0.25) is 14.5 Å². The molecule has 0 aliphatic carbocycles. The van der Waals surface area contributed by atoms with E-state index in [2.05, 4.69) is 5.32 Å². The highest BCUT2D eigenvalue weighted by atomic mass is 16.5. The fraction of sp³-hybridized carbons (Fsp3) is 0.217. The summed E-state index contributed by atoms with van der Waals surface area (Å²) in [5.41, 5.74) is 0.568. The van der Waals surface area contributed by atoms with Crippen molar-refractivity contribution in [3.05, 3.63) is 76.6 Å². The van der Waals surface area contributed by atoms with Gasteiger partial charge in [-0.05, 0) is 24.1 Å². The van der Waals surface area contributed by atoms with E-state index in [0.717, 1.165) is 0 Å². The minimum absolute atomic E-state index is 0.140. The molecule has 1 fully saturated rings. The number of fused-ring (bicyclic) bond motifs is 1. The number of nitrogens with zero attached hydrogens (tertiary/aromatic N) is 1. The van der Waals surface area contributed by atoms with Gasteiger partial charge in [-0.25, -0.2) is 9.59 Å². The van der Waals surface area contributed by atoms with Crippen LogP contribution in [0.4, 0.5) is 5.69 Å². The van der Waals surface area contributed by atoms with Gasteiger partial charge in [0.2, 0.25) is 11.8 Å². The van der Waals surface area contributed by atoms with Gasteiger partial charge in [-0.15, -0.1) is 0 Å². The van der Waals surface area contributed by atoms with Crippen molar-refractivity contribution in [3.63, 3.8) is 0 Å². The lowest BCUT2D eigenvalue weighted by molar-refractivity contribution is -0.145. The van der Waals surface area contributed by atoms with E-state index in [1.165, 1.54) is 18.1 Å². The third-order valence-corrected chi connectivity index (χ3v) is 5.26. The van der Waals surface area contributed by atoms with Gasteiger partial charge in [0.15, 0.2) is 6.04 Å². The lowest BCUT2D eigenvalue weighted by Crippen LogP contribution is -2.47. The number of amides is 2. The van der Waals surface area contributed by atoms with Crippen molar-refractivity contribution in [2.45, 2.75) is 24.9 Å². The summed E-state index contributed by atoms with van der Waals surface area (Å²) in [6.45, 7) is 0. The normalized spacial score (nSPS) is 16.9. The molecule has 158 valence electrons. The van der Waals surface area contributed by atoms with E-state index in [1.807, 2.05) is 0 Å². The molecule has 0 unspecified atom stereocenters. The number of nitrogens with one attached hydrogen (secondary N) is 1. The van der Waals surface area contributed by atoms with Crippen molar-refractivity contribution in [2.24, 2.45) is 0 Å². The predicted octanol–water partition coefficient (Wildman–Crippen LogP) is 2.32. The summed E-state index contributed by atoms with van der Waals surface area (Å²) in [7, 11) is 1.24. The zero-order valence-corrected chi connectivity index (χ0v) is 16.7. The van der Waals surface area contributed by atoms with Crippen LogP contribution in [-0.4, -0.2) is 30.9 Å². The first-order chi connectivity index (χ1) is 15.0. The van der Waals surface area contributed by atoms with Crippen molar-refractivity contribution in [2.75, 3.05) is 12.0 Å². The molecule has 4 rings (SSSR count). The van der Waals surface area contributed by atoms with Crippen molar-refractivity contribution in [3.8, 4) is 0 Å². The minimum atomic E-state index is -1.02. The summed E-state index contributed by atoms with van der Waals surface area (Å²) in [4.78, 5) is 51.6. The molecule has 3 aromatic rings. The highest BCUT2D eigenvalue weighted by Gasteiger charge is 2.39. The number of carbonyl (C=O) groups excluding carboxylic acids is 3. The van der Waals surface area contributed by atoms with Crippen LogP contribution in [0.3, 0.4) is 0 Å². The van der Waals surface area contributed by atoms with E-state index in [-0.39, 0.29) is 18.7 Å². The van der Waals surface area contributed by atoms with Gasteiger partial charge in [0.1, 0.15) is 11.6 Å². The van der Waals surface area contributed by atoms with Crippen molar-refractivity contribution in [1.82, 2.24) is 5.32 Å². The van der Waals surface area contributed by atoms with Gasteiger partial charge < -0.3 is 14.5 Å². The molecule has 2 amide bonds. The Morgan fingerprint density at radius 2 is 1.81 bits per heavy atom. The SMILES string of the molecule is COC(=O)[C@@H](NC(=O)[C@@H]1CCC(=O)N1c1cc(=O)oc2ccccc12)c1ccccc1. The van der Waals surface area contributed by atoms with Crippen molar-refractivity contribution >= 4 is 34.4 Å². The average molecular weight is 420 g/mol. The lowest BCUT2D eigenvalue weighted by atomic mass is 10.1. The molecule has 0 bridgehead atoms. The van der Waals surface area contributed by atoms with Gasteiger partial charge in [-0.1, -0.05) is 42.5 Å². The molecule has 8 nitrogen and oxygen atoms in total. The summed E-state index contributed by atoms with van der Waals surface area (Å²) in [6.07, 6.45) is 0.392. The number of hydrogen-bond donors (Lipinski definition) is 1. The first-order valence-electron chi connectivity index (χ1n) is 9.77. The number of methoxy groups -OCH3 is 1. The van der Waals surface area contributed by atoms with Crippen LogP contribution in [0.5, 0.6) is 0 Å². The van der Waals surface area contributed by atoms with E-state index >= 15 is 0 Å². The summed E-state index contributed by atoms with van der Waals surface area (Å²) in [5.74, 6) is -1.42. The maximum absolute atomic E-state index is 13.2. The Labute approximate surface area is 177 Å². The van der Waals surface area contributed by atoms with Crippen LogP contribution in [0.15, 0.2) is 69.9 Å². The quantitative estimate of drug-likeness (QED) is 0.502. The summed E-state index contributed by atoms with van der Waals surface area (Å²) < 4.78 is 10.1. The molecule has 1 aromatic heterocycles. The highest BCUT2D eigenvalue weighted by molar-refractivity contribution is 6.09. The van der Waals surface area contributed by atoms with E-state index in [0.29, 0.717) is 22.2 Å². The van der Waals surface area contributed by atoms with Gasteiger partial charge in [0, 0.05) is 17.9 Å². The predicted molar refractivity (Wildman–Crippen MR) is 112 cm³/mol. The molecule has 2 aromatic carbocycles. The van der Waals surface area contributed by atoms with Crippen LogP contribution in [-0.2, 0) is 19.1 Å². The molecular weight excluding hydrogens is 400 g/mol. The standard InChI is InChI=1S/C23H20N2O6/c1-30-23(29)21(14-7-3-2-4-8-14)24-22(28)16-11-12-19(26)25(16)17-13-20(27)31-18-10-6-5-9-15(17)18/h2-10,13,16,21H,11-12H2,1H3,(H,24,28)/t16-,21-/m0/s1. The molecular formula is C23H20N2O6. The molecule has 8 heteroatoms. The summed E-state index contributed by atoms with van der Waals surface area (Å²) in [6, 6.07) is 14.8. The van der Waals surface area contributed by atoms with Crippen LogP contribution < -0.4 is 15.8 Å². The van der Waals surface area contributed by atoms with Crippen LogP contribution >= 0.6 is 0 Å². The molecule has 0 radical (unpaired) electrons. The Bertz CT molecular complexity index is 1200. The number of hydrogen-bond acceptors (Lipinski definition) is 6. The first kappa shape index (κ1) is 20.3. The molecule has 0 saturated carbocycles. The number of esters is 1. The Kier molecular flexibility index (Phi) is 5.53. The number of anilines is 1. The Morgan fingerprint density at radius 1 is 1.10 bits per heavy atom. The molecule has 1 N–H and O–H groups in total. The molecule has 1 aliphatic heterocycles. The number of rotatable bonds is 5. The fourth-order valence-electron chi connectivity index (χ4n) is 3.81. The monoisotopic (exact) mass is 420 g/mol. The smallest absolute Gasteiger partial charge is 0.338 e. The topological polar surface area (TPSA) is 106 Å². The zero-order chi connectivity index (χ0) is 22.0. The fourth-order valence-corrected chi connectivity index (χ4v) is 3.81. The van der Waals surface area contributed by atoms with E-state index in [4.69, 9.17) is 9.15 Å². The van der Waals surface area contributed by atoms with E-state index in [9.17, 15) is 19.2 Å². The van der Waals surface area contributed by atoms with Crippen LogP contribution in [0.25, 0.3) is 11.0 Å². The molecule has 2 heterocycles. The molecule has 1 aliphatic rings. The third kappa shape index (κ3) is 3.92. The number of carbonyl (C=O) groups is 3. The lowest BCUT2D eigenvalue weighted by Gasteiger charge is -2.26. The number of benzene rings is 2. The molecule has 1 saturated heterocycles. The van der Waals surface area contributed by atoms with E-state index in [1.54, 1.807) is 54.6 Å². The van der Waals surface area contributed by atoms with Crippen LogP contribution in [0.2, 0.25) is 0 Å². The Morgan fingerprint density at radius 3 is 2.55 bits per heavy atom. The van der Waals surface area contributed by atoms with Crippen LogP contribution in [0.1, 0.15) is 24.4 Å². The molecule has 0 spiro atoms. The van der Waals surface area contributed by atoms with E-state index < -0.39 is 29.6 Å². The average Bonchev–Trinajstić information content (AvgIpc) is 3.18. The van der Waals surface area contributed by atoms with Gasteiger partial charge in [0.25, 0.3) is 0 Å². The molecule has 2 atom stereocenters. The number of ether oxygens (including phenoxy) is 1. The highest BCUT2D eigenvalue weighted by Crippen LogP contribution is 2.32. The first-order valence-corrected chi connectivity index (χ1v) is 9.77. The third-order valence-electron chi connectivity index (χ3n) is 5.26. The minimum Gasteiger partial charge on any atom is -0.467 e. The summed E-state index contributed by atoms with van der Waals surface area (Å²) in [5, 5.41) is 3.24. The zero-order valence-electron chi connectivity index (χ0n) is 16.7. The number of para-hydroxylation sites is 1. The van der Waals surface area contributed by atoms with Gasteiger partial charge >= 0.3 is 11.6 Å². The van der Waals surface area contributed by atoms with Crippen molar-refractivity contribution < 1.29 is 23.5 Å². The van der Waals surface area contributed by atoms with Gasteiger partial charge in [-0.2, -0.15) is 0 Å². The van der Waals surface area contributed by atoms with Crippen molar-refractivity contribution in [1.29, 1.82) is 0 Å². The maximum Gasteiger partial charge on any atom is 0.338 e. The van der Waals surface area contributed by atoms with Crippen LogP contribution in [0, 0.1) is 0 Å². The Hall–Kier alpha value is -3.94. The second kappa shape index (κ2) is 8.43. The largest absolute Gasteiger partial charge is 0.467 e. The summed E-state index contributed by atoms with van der Waals surface area (Å²) >= 11 is 0. The second-order valence-electron chi connectivity index (χ2n) is 7.14. The molecule has 31 heavy (non-hydrogen) atoms.